The number of primary sulfonamides is 1. The number of halogens is 3. The van der Waals surface area contributed by atoms with E-state index in [1.54, 1.807) is 0 Å². The third-order valence-corrected chi connectivity index (χ3v) is 4.46. The van der Waals surface area contributed by atoms with Crippen molar-refractivity contribution in [2.45, 2.75) is 24.1 Å². The molecular formula is C17H15F3N2O5S. The van der Waals surface area contributed by atoms with Gasteiger partial charge in [-0.25, -0.2) is 18.4 Å². The van der Waals surface area contributed by atoms with E-state index in [1.165, 1.54) is 31.2 Å². The van der Waals surface area contributed by atoms with Crippen LogP contribution in [0.3, 0.4) is 0 Å². The Morgan fingerprint density at radius 3 is 2.25 bits per heavy atom. The van der Waals surface area contributed by atoms with Gasteiger partial charge in [-0.3, -0.25) is 4.79 Å². The summed E-state index contributed by atoms with van der Waals surface area (Å²) in [6.07, 6.45) is -5.94. The second kappa shape index (κ2) is 7.98. The molecule has 0 saturated heterocycles. The third-order valence-electron chi connectivity index (χ3n) is 3.53. The molecule has 28 heavy (non-hydrogen) atoms. The predicted octanol–water partition coefficient (Wildman–Crippen LogP) is 2.54. The van der Waals surface area contributed by atoms with Crippen molar-refractivity contribution in [3.63, 3.8) is 0 Å². The van der Waals surface area contributed by atoms with E-state index < -0.39 is 39.7 Å². The molecule has 0 aliphatic heterocycles. The van der Waals surface area contributed by atoms with Crippen molar-refractivity contribution in [1.29, 1.82) is 0 Å². The van der Waals surface area contributed by atoms with Gasteiger partial charge >= 0.3 is 12.1 Å². The van der Waals surface area contributed by atoms with Crippen molar-refractivity contribution in [2.24, 2.45) is 5.14 Å². The number of nitrogens with two attached hydrogens (primary N) is 1. The Kier molecular flexibility index (Phi) is 6.10. The van der Waals surface area contributed by atoms with E-state index in [9.17, 15) is 31.2 Å². The second-order valence-corrected chi connectivity index (χ2v) is 7.25. The highest BCUT2D eigenvalue weighted by molar-refractivity contribution is 7.89. The van der Waals surface area contributed by atoms with E-state index >= 15 is 0 Å². The van der Waals surface area contributed by atoms with Gasteiger partial charge in [-0.05, 0) is 49.4 Å². The molecule has 0 aliphatic carbocycles. The molecule has 0 aromatic heterocycles. The zero-order valence-corrected chi connectivity index (χ0v) is 15.2. The van der Waals surface area contributed by atoms with Crippen LogP contribution in [0.1, 0.15) is 22.8 Å². The minimum atomic E-state index is -4.62. The Labute approximate surface area is 158 Å². The molecule has 0 fully saturated rings. The monoisotopic (exact) mass is 416 g/mol. The molecule has 0 unspecified atom stereocenters. The second-order valence-electron chi connectivity index (χ2n) is 5.68. The Balaban J connectivity index is 2.03. The Morgan fingerprint density at radius 1 is 1.11 bits per heavy atom. The lowest BCUT2D eigenvalue weighted by Crippen LogP contribution is -2.30. The van der Waals surface area contributed by atoms with Crippen LogP contribution < -0.4 is 10.5 Å². The molecule has 0 heterocycles. The van der Waals surface area contributed by atoms with Gasteiger partial charge in [-0.1, -0.05) is 6.07 Å². The van der Waals surface area contributed by atoms with Crippen LogP contribution in [0.15, 0.2) is 53.4 Å². The van der Waals surface area contributed by atoms with Crippen molar-refractivity contribution in [3.05, 3.63) is 59.7 Å². The molecular weight excluding hydrogens is 401 g/mol. The predicted molar refractivity (Wildman–Crippen MR) is 92.8 cm³/mol. The van der Waals surface area contributed by atoms with E-state index in [0.29, 0.717) is 6.07 Å². The highest BCUT2D eigenvalue weighted by Gasteiger charge is 2.31. The van der Waals surface area contributed by atoms with Gasteiger partial charge in [0.05, 0.1) is 16.0 Å². The standard InChI is InChI=1S/C17H15F3N2O5S/c1-10(15(23)22-13-5-7-14(8-6-13)28(21,25)26)27-16(24)11-3-2-4-12(9-11)17(18,19)20/h2-10H,1H3,(H,22,23)(H2,21,25,26)/t10-/m0/s1. The van der Waals surface area contributed by atoms with Crippen molar-refractivity contribution in [2.75, 3.05) is 5.32 Å². The highest BCUT2D eigenvalue weighted by Crippen LogP contribution is 2.29. The van der Waals surface area contributed by atoms with E-state index in [0.717, 1.165) is 18.2 Å². The highest BCUT2D eigenvalue weighted by atomic mass is 32.2. The summed E-state index contributed by atoms with van der Waals surface area (Å²) in [5.41, 5.74) is -1.17. The summed E-state index contributed by atoms with van der Waals surface area (Å²) in [7, 11) is -3.89. The molecule has 0 bridgehead atoms. The van der Waals surface area contributed by atoms with Gasteiger partial charge in [0.25, 0.3) is 5.91 Å². The molecule has 0 spiro atoms. The smallest absolute Gasteiger partial charge is 0.416 e. The van der Waals surface area contributed by atoms with Gasteiger partial charge in [-0.2, -0.15) is 13.2 Å². The summed E-state index contributed by atoms with van der Waals surface area (Å²) >= 11 is 0. The molecule has 2 aromatic rings. The molecule has 11 heteroatoms. The topological polar surface area (TPSA) is 116 Å². The number of nitrogens with one attached hydrogen (secondary N) is 1. The molecule has 1 amide bonds. The number of esters is 1. The number of carbonyl (C=O) groups is 2. The van der Waals surface area contributed by atoms with Gasteiger partial charge in [0.2, 0.25) is 10.0 Å². The number of hydrogen-bond acceptors (Lipinski definition) is 5. The van der Waals surface area contributed by atoms with Crippen LogP contribution in [0, 0.1) is 0 Å². The molecule has 7 nitrogen and oxygen atoms in total. The average Bonchev–Trinajstić information content (AvgIpc) is 2.60. The van der Waals surface area contributed by atoms with Crippen LogP contribution in [-0.2, 0) is 25.7 Å². The summed E-state index contributed by atoms with van der Waals surface area (Å²) in [6.45, 7) is 1.24. The first-order chi connectivity index (χ1) is 12.9. The summed E-state index contributed by atoms with van der Waals surface area (Å²) < 4.78 is 65.4. The van der Waals surface area contributed by atoms with Crippen molar-refractivity contribution < 1.29 is 35.9 Å². The molecule has 150 valence electrons. The van der Waals surface area contributed by atoms with Gasteiger partial charge in [-0.15, -0.1) is 0 Å². The lowest BCUT2D eigenvalue weighted by molar-refractivity contribution is -0.137. The van der Waals surface area contributed by atoms with Crippen molar-refractivity contribution in [1.82, 2.24) is 0 Å². The molecule has 2 aromatic carbocycles. The van der Waals surface area contributed by atoms with E-state index in [-0.39, 0.29) is 16.1 Å². The quantitative estimate of drug-likeness (QED) is 0.727. The number of rotatable bonds is 5. The van der Waals surface area contributed by atoms with Crippen LogP contribution in [-0.4, -0.2) is 26.4 Å². The molecule has 0 saturated carbocycles. The lowest BCUT2D eigenvalue weighted by Gasteiger charge is -2.14. The van der Waals surface area contributed by atoms with E-state index in [4.69, 9.17) is 9.88 Å². The first-order valence-corrected chi connectivity index (χ1v) is 9.24. The number of carbonyl (C=O) groups excluding carboxylic acids is 2. The van der Waals surface area contributed by atoms with Crippen LogP contribution in [0.5, 0.6) is 0 Å². The van der Waals surface area contributed by atoms with E-state index in [1.807, 2.05) is 0 Å². The molecule has 2 rings (SSSR count). The van der Waals surface area contributed by atoms with E-state index in [2.05, 4.69) is 5.32 Å². The van der Waals surface area contributed by atoms with Crippen molar-refractivity contribution >= 4 is 27.6 Å². The van der Waals surface area contributed by atoms with Crippen LogP contribution in [0.25, 0.3) is 0 Å². The number of ether oxygens (including phenoxy) is 1. The molecule has 1 atom stereocenters. The van der Waals surface area contributed by atoms with Crippen LogP contribution in [0.4, 0.5) is 18.9 Å². The maximum absolute atomic E-state index is 12.7. The number of sulfonamides is 1. The first-order valence-electron chi connectivity index (χ1n) is 7.70. The summed E-state index contributed by atoms with van der Waals surface area (Å²) in [4.78, 5) is 23.9. The first kappa shape index (κ1) is 21.4. The van der Waals surface area contributed by atoms with Gasteiger partial charge in [0.15, 0.2) is 6.10 Å². The fraction of sp³-hybridized carbons (Fsp3) is 0.176. The van der Waals surface area contributed by atoms with Gasteiger partial charge in [0.1, 0.15) is 0 Å². The number of amides is 1. The number of benzene rings is 2. The van der Waals surface area contributed by atoms with Gasteiger partial charge in [0, 0.05) is 5.69 Å². The maximum Gasteiger partial charge on any atom is 0.416 e. The zero-order chi connectivity index (χ0) is 21.1. The van der Waals surface area contributed by atoms with Crippen LogP contribution in [0.2, 0.25) is 0 Å². The number of hydrogen-bond donors (Lipinski definition) is 2. The minimum absolute atomic E-state index is 0.158. The molecule has 0 aliphatic rings. The maximum atomic E-state index is 12.7. The Bertz CT molecular complexity index is 989. The van der Waals surface area contributed by atoms with Crippen LogP contribution >= 0.6 is 0 Å². The summed E-state index contributed by atoms with van der Waals surface area (Å²) in [6, 6.07) is 8.51. The minimum Gasteiger partial charge on any atom is -0.449 e. The lowest BCUT2D eigenvalue weighted by atomic mass is 10.1. The van der Waals surface area contributed by atoms with Gasteiger partial charge < -0.3 is 10.1 Å². The number of anilines is 1. The normalized spacial score (nSPS) is 12.9. The third kappa shape index (κ3) is 5.54. The Morgan fingerprint density at radius 2 is 1.71 bits per heavy atom. The summed E-state index contributed by atoms with van der Waals surface area (Å²) in [5.74, 6) is -1.86. The Hall–Kier alpha value is -2.92. The largest absolute Gasteiger partial charge is 0.449 e. The summed E-state index contributed by atoms with van der Waals surface area (Å²) in [5, 5.41) is 7.34. The molecule has 3 N–H and O–H groups in total. The molecule has 0 radical (unpaired) electrons. The fourth-order valence-electron chi connectivity index (χ4n) is 2.08. The SMILES string of the molecule is C[C@H](OC(=O)c1cccc(C(F)(F)F)c1)C(=O)Nc1ccc(S(N)(=O)=O)cc1. The average molecular weight is 416 g/mol. The number of alkyl halides is 3. The zero-order valence-electron chi connectivity index (χ0n) is 14.4. The van der Waals surface area contributed by atoms with Crippen molar-refractivity contribution in [3.8, 4) is 0 Å². The fourth-order valence-corrected chi connectivity index (χ4v) is 2.59.